The summed E-state index contributed by atoms with van der Waals surface area (Å²) in [6.45, 7) is 8.61. The van der Waals surface area contributed by atoms with Gasteiger partial charge in [0.1, 0.15) is 0 Å². The number of aryl methyl sites for hydroxylation is 2. The quantitative estimate of drug-likeness (QED) is 0.708. The molecule has 1 amide bonds. The molecule has 1 saturated heterocycles. The maximum Gasteiger partial charge on any atom is 0.230 e. The Morgan fingerprint density at radius 1 is 1.27 bits per heavy atom. The van der Waals surface area contributed by atoms with E-state index in [1.165, 1.54) is 16.1 Å². The van der Waals surface area contributed by atoms with Gasteiger partial charge in [0, 0.05) is 24.5 Å². The number of ether oxygens (including phenoxy) is 1. The number of morpholine rings is 1. The van der Waals surface area contributed by atoms with E-state index in [1.54, 1.807) is 0 Å². The number of sulfonamides is 1. The summed E-state index contributed by atoms with van der Waals surface area (Å²) in [5, 5.41) is 2.71. The van der Waals surface area contributed by atoms with Gasteiger partial charge in [0.25, 0.3) is 0 Å². The van der Waals surface area contributed by atoms with Crippen molar-refractivity contribution in [3.05, 3.63) is 29.3 Å². The standard InChI is InChI=1S/C18H28N2O4S2/c1-13-5-6-14(2)17(9-13)25-12-18(21)19-7-8-26(22,23)20-10-15(3)24-16(4)11-20/h5-6,9,15-16H,7-8,10-12H2,1-4H3,(H,19,21). The van der Waals surface area contributed by atoms with Gasteiger partial charge in [-0.15, -0.1) is 11.8 Å². The third-order valence-corrected chi connectivity index (χ3v) is 7.13. The number of hydrogen-bond acceptors (Lipinski definition) is 5. The lowest BCUT2D eigenvalue weighted by Gasteiger charge is -2.34. The highest BCUT2D eigenvalue weighted by Gasteiger charge is 2.30. The van der Waals surface area contributed by atoms with Crippen molar-refractivity contribution in [2.24, 2.45) is 0 Å². The number of nitrogens with zero attached hydrogens (tertiary/aromatic N) is 1. The molecule has 0 saturated carbocycles. The fourth-order valence-corrected chi connectivity index (χ4v) is 5.31. The average Bonchev–Trinajstić information content (AvgIpc) is 2.54. The molecule has 8 heteroatoms. The van der Waals surface area contributed by atoms with Gasteiger partial charge in [-0.3, -0.25) is 4.79 Å². The molecule has 1 aliphatic heterocycles. The lowest BCUT2D eigenvalue weighted by molar-refractivity contribution is -0.118. The third kappa shape index (κ3) is 6.26. The molecule has 0 radical (unpaired) electrons. The van der Waals surface area contributed by atoms with Gasteiger partial charge in [-0.05, 0) is 39.3 Å². The van der Waals surface area contributed by atoms with Gasteiger partial charge >= 0.3 is 0 Å². The van der Waals surface area contributed by atoms with E-state index in [-0.39, 0.29) is 36.2 Å². The summed E-state index contributed by atoms with van der Waals surface area (Å²) >= 11 is 1.47. The molecule has 2 atom stereocenters. The maximum atomic E-state index is 12.4. The van der Waals surface area contributed by atoms with Crippen LogP contribution >= 0.6 is 11.8 Å². The van der Waals surface area contributed by atoms with E-state index in [4.69, 9.17) is 4.74 Å². The zero-order chi connectivity index (χ0) is 19.3. The second-order valence-electron chi connectivity index (χ2n) is 6.80. The Kier molecular flexibility index (Phi) is 7.52. The molecule has 1 heterocycles. The zero-order valence-electron chi connectivity index (χ0n) is 15.8. The van der Waals surface area contributed by atoms with Crippen molar-refractivity contribution >= 4 is 27.7 Å². The van der Waals surface area contributed by atoms with Crippen molar-refractivity contribution in [2.75, 3.05) is 31.1 Å². The largest absolute Gasteiger partial charge is 0.373 e. The van der Waals surface area contributed by atoms with Gasteiger partial charge in [0.05, 0.1) is 23.7 Å². The molecule has 146 valence electrons. The molecule has 0 spiro atoms. The first kappa shape index (κ1) is 21.2. The number of benzene rings is 1. The molecule has 1 N–H and O–H groups in total. The van der Waals surface area contributed by atoms with E-state index in [1.807, 2.05) is 39.8 Å². The molecule has 0 aliphatic carbocycles. The Morgan fingerprint density at radius 2 is 1.92 bits per heavy atom. The Labute approximate surface area is 160 Å². The minimum Gasteiger partial charge on any atom is -0.373 e. The number of thioether (sulfide) groups is 1. The second-order valence-corrected chi connectivity index (χ2v) is 9.90. The van der Waals surface area contributed by atoms with E-state index in [0.717, 1.165) is 16.0 Å². The van der Waals surface area contributed by atoms with Crippen molar-refractivity contribution in [1.29, 1.82) is 0 Å². The summed E-state index contributed by atoms with van der Waals surface area (Å²) in [5.41, 5.74) is 2.28. The monoisotopic (exact) mass is 400 g/mol. The van der Waals surface area contributed by atoms with E-state index >= 15 is 0 Å². The average molecular weight is 401 g/mol. The Morgan fingerprint density at radius 3 is 2.58 bits per heavy atom. The van der Waals surface area contributed by atoms with Crippen LogP contribution < -0.4 is 5.32 Å². The van der Waals surface area contributed by atoms with Gasteiger partial charge in [0.2, 0.25) is 15.9 Å². The summed E-state index contributed by atoms with van der Waals surface area (Å²) < 4.78 is 31.9. The van der Waals surface area contributed by atoms with Crippen molar-refractivity contribution in [3.8, 4) is 0 Å². The van der Waals surface area contributed by atoms with Crippen LogP contribution in [0.15, 0.2) is 23.1 Å². The lowest BCUT2D eigenvalue weighted by atomic mass is 10.2. The minimum atomic E-state index is -3.39. The van der Waals surface area contributed by atoms with E-state index in [2.05, 4.69) is 11.4 Å². The Hall–Kier alpha value is -1.09. The molecule has 2 rings (SSSR count). The SMILES string of the molecule is Cc1ccc(C)c(SCC(=O)NCCS(=O)(=O)N2CC(C)OC(C)C2)c1. The third-order valence-electron chi connectivity index (χ3n) is 4.16. The molecule has 1 aliphatic rings. The molecule has 2 unspecified atom stereocenters. The first-order chi connectivity index (χ1) is 12.2. The van der Waals surface area contributed by atoms with E-state index in [0.29, 0.717) is 13.1 Å². The highest BCUT2D eigenvalue weighted by molar-refractivity contribution is 8.00. The molecule has 1 fully saturated rings. The van der Waals surface area contributed by atoms with Crippen LogP contribution in [0.5, 0.6) is 0 Å². The first-order valence-corrected chi connectivity index (χ1v) is 11.4. The second kappa shape index (κ2) is 9.21. The van der Waals surface area contributed by atoms with Crippen LogP contribution in [-0.2, 0) is 19.6 Å². The van der Waals surface area contributed by atoms with Gasteiger partial charge < -0.3 is 10.1 Å². The number of rotatable bonds is 7. The van der Waals surface area contributed by atoms with Crippen molar-refractivity contribution in [1.82, 2.24) is 9.62 Å². The minimum absolute atomic E-state index is 0.0910. The zero-order valence-corrected chi connectivity index (χ0v) is 17.5. The first-order valence-electron chi connectivity index (χ1n) is 8.77. The predicted molar refractivity (Wildman–Crippen MR) is 105 cm³/mol. The predicted octanol–water partition coefficient (Wildman–Crippen LogP) is 1.95. The molecule has 0 bridgehead atoms. The topological polar surface area (TPSA) is 75.7 Å². The van der Waals surface area contributed by atoms with Crippen LogP contribution in [-0.4, -0.2) is 62.0 Å². The van der Waals surface area contributed by atoms with Crippen LogP contribution in [0.2, 0.25) is 0 Å². The van der Waals surface area contributed by atoms with E-state index < -0.39 is 10.0 Å². The molecule has 1 aromatic rings. The van der Waals surface area contributed by atoms with Gasteiger partial charge in [-0.1, -0.05) is 17.7 Å². The Balaban J connectivity index is 1.77. The van der Waals surface area contributed by atoms with Crippen LogP contribution in [0.25, 0.3) is 0 Å². The molecule has 0 aromatic heterocycles. The molecule has 26 heavy (non-hydrogen) atoms. The fraction of sp³-hybridized carbons (Fsp3) is 0.611. The number of carbonyl (C=O) groups is 1. The van der Waals surface area contributed by atoms with Gasteiger partial charge in [-0.2, -0.15) is 4.31 Å². The smallest absolute Gasteiger partial charge is 0.230 e. The van der Waals surface area contributed by atoms with Crippen LogP contribution in [0.3, 0.4) is 0 Å². The van der Waals surface area contributed by atoms with Crippen LogP contribution in [0.1, 0.15) is 25.0 Å². The highest BCUT2D eigenvalue weighted by Crippen LogP contribution is 2.23. The van der Waals surface area contributed by atoms with Crippen molar-refractivity contribution in [2.45, 2.75) is 44.8 Å². The fourth-order valence-electron chi connectivity index (χ4n) is 2.86. The number of hydrogen-bond donors (Lipinski definition) is 1. The van der Waals surface area contributed by atoms with Crippen molar-refractivity contribution < 1.29 is 17.9 Å². The number of carbonyl (C=O) groups excluding carboxylic acids is 1. The van der Waals surface area contributed by atoms with E-state index in [9.17, 15) is 13.2 Å². The van der Waals surface area contributed by atoms with Crippen LogP contribution in [0, 0.1) is 13.8 Å². The summed E-state index contributed by atoms with van der Waals surface area (Å²) in [4.78, 5) is 13.1. The Bertz CT molecular complexity index is 727. The maximum absolute atomic E-state index is 12.4. The normalized spacial score (nSPS) is 21.5. The molecule has 6 nitrogen and oxygen atoms in total. The van der Waals surface area contributed by atoms with Gasteiger partial charge in [-0.25, -0.2) is 8.42 Å². The lowest BCUT2D eigenvalue weighted by Crippen LogP contribution is -2.49. The highest BCUT2D eigenvalue weighted by atomic mass is 32.2. The summed E-state index contributed by atoms with van der Waals surface area (Å²) in [7, 11) is -3.39. The number of nitrogens with one attached hydrogen (secondary N) is 1. The molecule has 1 aromatic carbocycles. The molecular formula is C18H28N2O4S2. The summed E-state index contributed by atoms with van der Waals surface area (Å²) in [5.74, 6) is 0.0252. The van der Waals surface area contributed by atoms with Gasteiger partial charge in [0.15, 0.2) is 0 Å². The van der Waals surface area contributed by atoms with Crippen LogP contribution in [0.4, 0.5) is 0 Å². The number of amides is 1. The summed E-state index contributed by atoms with van der Waals surface area (Å²) in [6, 6.07) is 6.13. The molecular weight excluding hydrogens is 372 g/mol. The summed E-state index contributed by atoms with van der Waals surface area (Å²) in [6.07, 6.45) is -0.228. The van der Waals surface area contributed by atoms with Crippen molar-refractivity contribution in [3.63, 3.8) is 0 Å².